The molecule has 1 aromatic carbocycles. The van der Waals surface area contributed by atoms with Crippen LogP contribution >= 0.6 is 0 Å². The fourth-order valence-corrected chi connectivity index (χ4v) is 4.64. The van der Waals surface area contributed by atoms with Crippen molar-refractivity contribution in [2.75, 3.05) is 31.5 Å². The van der Waals surface area contributed by atoms with E-state index in [1.807, 2.05) is 35.2 Å². The number of carbonyl (C=O) groups excluding carboxylic acids is 3. The zero-order valence-corrected chi connectivity index (χ0v) is 16.6. The molecule has 8 heteroatoms. The maximum absolute atomic E-state index is 12.4. The van der Waals surface area contributed by atoms with Gasteiger partial charge in [-0.05, 0) is 37.8 Å². The zero-order chi connectivity index (χ0) is 20.2. The Balaban J connectivity index is 1.30. The summed E-state index contributed by atoms with van der Waals surface area (Å²) in [6.07, 6.45) is 4.02. The van der Waals surface area contributed by atoms with Crippen molar-refractivity contribution in [1.82, 2.24) is 20.4 Å². The monoisotopic (exact) mass is 399 g/mol. The van der Waals surface area contributed by atoms with Crippen molar-refractivity contribution in [3.63, 3.8) is 0 Å². The van der Waals surface area contributed by atoms with Crippen LogP contribution in [0.3, 0.4) is 0 Å². The number of piperazine rings is 1. The highest BCUT2D eigenvalue weighted by molar-refractivity contribution is 5.89. The van der Waals surface area contributed by atoms with Crippen molar-refractivity contribution in [1.29, 1.82) is 0 Å². The molecule has 3 unspecified atom stereocenters. The molecule has 3 aliphatic heterocycles. The Morgan fingerprint density at radius 2 is 1.90 bits per heavy atom. The number of benzene rings is 1. The average molecular weight is 399 g/mol. The number of likely N-dealkylation sites (tertiary alicyclic amines) is 1. The Morgan fingerprint density at radius 3 is 2.66 bits per heavy atom. The van der Waals surface area contributed by atoms with Gasteiger partial charge < -0.3 is 20.9 Å². The lowest BCUT2D eigenvalue weighted by Gasteiger charge is -2.37. The molecule has 4 amide bonds. The van der Waals surface area contributed by atoms with Crippen molar-refractivity contribution < 1.29 is 14.4 Å². The second-order valence-electron chi connectivity index (χ2n) is 8.14. The normalized spacial score (nSPS) is 26.7. The van der Waals surface area contributed by atoms with Crippen LogP contribution in [0.4, 0.5) is 10.5 Å². The van der Waals surface area contributed by atoms with Gasteiger partial charge in [-0.25, -0.2) is 4.79 Å². The first kappa shape index (κ1) is 19.7. The zero-order valence-electron chi connectivity index (χ0n) is 16.6. The van der Waals surface area contributed by atoms with Gasteiger partial charge in [-0.15, -0.1) is 0 Å². The second kappa shape index (κ2) is 8.82. The molecule has 4 rings (SSSR count). The summed E-state index contributed by atoms with van der Waals surface area (Å²) >= 11 is 0. The number of fused-ring (bicyclic) bond motifs is 1. The van der Waals surface area contributed by atoms with Crippen LogP contribution in [0.25, 0.3) is 0 Å². The number of amides is 4. The largest absolute Gasteiger partial charge is 0.353 e. The van der Waals surface area contributed by atoms with Crippen LogP contribution < -0.4 is 16.0 Å². The number of carbonyl (C=O) groups is 3. The molecule has 8 nitrogen and oxygen atoms in total. The molecule has 0 aromatic heterocycles. The summed E-state index contributed by atoms with van der Waals surface area (Å²) in [5.41, 5.74) is 0.733. The number of hydrogen-bond acceptors (Lipinski definition) is 4. The van der Waals surface area contributed by atoms with Gasteiger partial charge in [-0.1, -0.05) is 18.2 Å². The molecule has 3 atom stereocenters. The number of nitrogens with one attached hydrogen (secondary N) is 3. The molecule has 3 N–H and O–H groups in total. The summed E-state index contributed by atoms with van der Waals surface area (Å²) in [6.45, 7) is 2.93. The SMILES string of the molecule is O=C(Nc1ccccc1)NC1CC2C(=O)NCC(CCC(=O)N3CCCC3)N2C1. The lowest BCUT2D eigenvalue weighted by molar-refractivity contribution is -0.131. The van der Waals surface area contributed by atoms with Crippen molar-refractivity contribution >= 4 is 23.5 Å². The lowest BCUT2D eigenvalue weighted by atomic mass is 10.0. The molecule has 1 aromatic rings. The highest BCUT2D eigenvalue weighted by atomic mass is 16.2. The minimum Gasteiger partial charge on any atom is -0.353 e. The maximum Gasteiger partial charge on any atom is 0.319 e. The molecule has 156 valence electrons. The minimum atomic E-state index is -0.262. The van der Waals surface area contributed by atoms with Crippen LogP contribution in [0.2, 0.25) is 0 Å². The molecule has 3 heterocycles. The maximum atomic E-state index is 12.4. The van der Waals surface area contributed by atoms with Crippen LogP contribution in [0, 0.1) is 0 Å². The van der Waals surface area contributed by atoms with Crippen LogP contribution in [0.15, 0.2) is 30.3 Å². The van der Waals surface area contributed by atoms with Gasteiger partial charge in [-0.3, -0.25) is 14.5 Å². The Kier molecular flexibility index (Phi) is 5.99. The molecule has 29 heavy (non-hydrogen) atoms. The van der Waals surface area contributed by atoms with Gasteiger partial charge in [0.2, 0.25) is 11.8 Å². The third-order valence-electron chi connectivity index (χ3n) is 6.14. The number of nitrogens with zero attached hydrogens (tertiary/aromatic N) is 2. The topological polar surface area (TPSA) is 93.8 Å². The van der Waals surface area contributed by atoms with E-state index in [0.717, 1.165) is 38.0 Å². The highest BCUT2D eigenvalue weighted by Crippen LogP contribution is 2.26. The molecule has 0 bridgehead atoms. The molecule has 3 fully saturated rings. The standard InChI is InChI=1S/C21H29N5O3/c27-19(25-10-4-5-11-25)9-8-17-13-22-20(28)18-12-16(14-26(17)18)24-21(29)23-15-6-2-1-3-7-15/h1-3,6-7,16-18H,4-5,8-14H2,(H,22,28)(H2,23,24,29). The van der Waals surface area contributed by atoms with Crippen LogP contribution in [-0.4, -0.2) is 71.9 Å². The third kappa shape index (κ3) is 4.70. The van der Waals surface area contributed by atoms with E-state index in [0.29, 0.717) is 25.9 Å². The molecule has 0 spiro atoms. The smallest absolute Gasteiger partial charge is 0.319 e. The van der Waals surface area contributed by atoms with E-state index in [2.05, 4.69) is 20.9 Å². The fourth-order valence-electron chi connectivity index (χ4n) is 4.64. The Hall–Kier alpha value is -2.61. The molecular formula is C21H29N5O3. The number of rotatable bonds is 5. The predicted octanol–water partition coefficient (Wildman–Crippen LogP) is 1.15. The van der Waals surface area contributed by atoms with Gasteiger partial charge in [0.05, 0.1) is 6.04 Å². The van der Waals surface area contributed by atoms with E-state index >= 15 is 0 Å². The highest BCUT2D eigenvalue weighted by Gasteiger charge is 2.43. The average Bonchev–Trinajstić information content (AvgIpc) is 3.38. The lowest BCUT2D eigenvalue weighted by Crippen LogP contribution is -2.58. The van der Waals surface area contributed by atoms with Gasteiger partial charge in [0.1, 0.15) is 0 Å². The van der Waals surface area contributed by atoms with Gasteiger partial charge in [0.15, 0.2) is 0 Å². The molecule has 3 saturated heterocycles. The first-order valence-corrected chi connectivity index (χ1v) is 10.5. The van der Waals surface area contributed by atoms with E-state index in [1.165, 1.54) is 0 Å². The minimum absolute atomic E-state index is 0.0138. The van der Waals surface area contributed by atoms with E-state index in [-0.39, 0.29) is 36.0 Å². The van der Waals surface area contributed by atoms with Crippen molar-refractivity contribution in [3.8, 4) is 0 Å². The van der Waals surface area contributed by atoms with Gasteiger partial charge >= 0.3 is 6.03 Å². The predicted molar refractivity (Wildman–Crippen MR) is 109 cm³/mol. The number of para-hydroxylation sites is 1. The van der Waals surface area contributed by atoms with E-state index in [9.17, 15) is 14.4 Å². The molecule has 0 aliphatic carbocycles. The van der Waals surface area contributed by atoms with Crippen molar-refractivity contribution in [3.05, 3.63) is 30.3 Å². The Morgan fingerprint density at radius 1 is 1.14 bits per heavy atom. The summed E-state index contributed by atoms with van der Waals surface area (Å²) in [6, 6.07) is 8.83. The van der Waals surface area contributed by atoms with Crippen LogP contribution in [-0.2, 0) is 9.59 Å². The Labute approximate surface area is 171 Å². The Bertz CT molecular complexity index is 750. The van der Waals surface area contributed by atoms with Crippen molar-refractivity contribution in [2.24, 2.45) is 0 Å². The van der Waals surface area contributed by atoms with Gasteiger partial charge in [-0.2, -0.15) is 0 Å². The first-order chi connectivity index (χ1) is 14.1. The number of urea groups is 1. The number of hydrogen-bond donors (Lipinski definition) is 3. The van der Waals surface area contributed by atoms with E-state index in [1.54, 1.807) is 0 Å². The first-order valence-electron chi connectivity index (χ1n) is 10.5. The van der Waals surface area contributed by atoms with Crippen LogP contribution in [0.1, 0.15) is 32.1 Å². The van der Waals surface area contributed by atoms with Crippen molar-refractivity contribution in [2.45, 2.75) is 50.2 Å². The summed E-state index contributed by atoms with van der Waals surface area (Å²) < 4.78 is 0. The molecule has 0 saturated carbocycles. The summed E-state index contributed by atoms with van der Waals surface area (Å²) in [7, 11) is 0. The van der Waals surface area contributed by atoms with E-state index < -0.39 is 0 Å². The quantitative estimate of drug-likeness (QED) is 0.692. The second-order valence-corrected chi connectivity index (χ2v) is 8.14. The molecule has 3 aliphatic rings. The number of anilines is 1. The van der Waals surface area contributed by atoms with Gasteiger partial charge in [0.25, 0.3) is 0 Å². The van der Waals surface area contributed by atoms with Gasteiger partial charge in [0, 0.05) is 50.4 Å². The summed E-state index contributed by atoms with van der Waals surface area (Å²) in [4.78, 5) is 41.1. The van der Waals surface area contributed by atoms with E-state index in [4.69, 9.17) is 0 Å². The molecular weight excluding hydrogens is 370 g/mol. The summed E-state index contributed by atoms with van der Waals surface area (Å²) in [5.74, 6) is 0.229. The van der Waals surface area contributed by atoms with Crippen LogP contribution in [0.5, 0.6) is 0 Å². The molecule has 0 radical (unpaired) electrons. The summed E-state index contributed by atoms with van der Waals surface area (Å²) in [5, 5.41) is 8.79. The fraction of sp³-hybridized carbons (Fsp3) is 0.571. The third-order valence-corrected chi connectivity index (χ3v) is 6.14.